The monoisotopic (exact) mass is 263 g/mol. The molecule has 1 nitrogen and oxygen atoms in total. The maximum atomic E-state index is 3.49. The van der Waals surface area contributed by atoms with Crippen molar-refractivity contribution < 1.29 is 0 Å². The number of allylic oxidation sites excluding steroid dienone is 5. The van der Waals surface area contributed by atoms with Crippen LogP contribution in [0.25, 0.3) is 5.57 Å². The predicted molar refractivity (Wildman–Crippen MR) is 86.1 cm³/mol. The maximum absolute atomic E-state index is 3.49. The van der Waals surface area contributed by atoms with Crippen molar-refractivity contribution in [2.75, 3.05) is 0 Å². The maximum Gasteiger partial charge on any atom is 0.0659 e. The van der Waals surface area contributed by atoms with Crippen LogP contribution in [0.5, 0.6) is 0 Å². The molecule has 0 aromatic heterocycles. The molecule has 0 radical (unpaired) electrons. The van der Waals surface area contributed by atoms with Gasteiger partial charge in [-0.2, -0.15) is 0 Å². The summed E-state index contributed by atoms with van der Waals surface area (Å²) in [6.45, 7) is 4.41. The Balaban J connectivity index is 1.88. The minimum Gasteiger partial charge on any atom is -0.381 e. The fraction of sp³-hybridized carbons (Fsp3) is 0.263. The summed E-state index contributed by atoms with van der Waals surface area (Å²) in [5.74, 6) is 0.590. The molecule has 0 spiro atoms. The van der Waals surface area contributed by atoms with Crippen LogP contribution in [-0.2, 0) is 0 Å². The minimum absolute atomic E-state index is 0.341. The van der Waals surface area contributed by atoms with Gasteiger partial charge in [0, 0.05) is 6.20 Å². The van der Waals surface area contributed by atoms with Crippen LogP contribution in [0.2, 0.25) is 0 Å². The van der Waals surface area contributed by atoms with Crippen LogP contribution in [0.4, 0.5) is 0 Å². The Morgan fingerprint density at radius 1 is 1.15 bits per heavy atom. The van der Waals surface area contributed by atoms with Gasteiger partial charge in [0.2, 0.25) is 0 Å². The molecule has 1 aliphatic heterocycles. The molecule has 1 heteroatoms. The molecule has 1 aliphatic carbocycles. The van der Waals surface area contributed by atoms with Crippen molar-refractivity contribution in [1.29, 1.82) is 0 Å². The molecule has 20 heavy (non-hydrogen) atoms. The van der Waals surface area contributed by atoms with Crippen molar-refractivity contribution in [3.05, 3.63) is 77.5 Å². The number of benzene rings is 1. The molecule has 1 aromatic rings. The van der Waals surface area contributed by atoms with Crippen molar-refractivity contribution in [1.82, 2.24) is 5.32 Å². The van der Waals surface area contributed by atoms with Gasteiger partial charge in [-0.05, 0) is 41.5 Å². The van der Waals surface area contributed by atoms with Crippen LogP contribution in [0.3, 0.4) is 0 Å². The Bertz CT molecular complexity index is 602. The fourth-order valence-corrected chi connectivity index (χ4v) is 2.87. The lowest BCUT2D eigenvalue weighted by molar-refractivity contribution is 0.644. The van der Waals surface area contributed by atoms with E-state index < -0.39 is 0 Å². The quantitative estimate of drug-likeness (QED) is 0.830. The van der Waals surface area contributed by atoms with Gasteiger partial charge in [-0.3, -0.25) is 0 Å². The average Bonchev–Trinajstić information content (AvgIpc) is 2.48. The van der Waals surface area contributed by atoms with Gasteiger partial charge in [0.25, 0.3) is 0 Å². The molecule has 0 amide bonds. The lowest BCUT2D eigenvalue weighted by Gasteiger charge is -2.26. The minimum atomic E-state index is 0.341. The van der Waals surface area contributed by atoms with Crippen molar-refractivity contribution in [2.24, 2.45) is 5.92 Å². The van der Waals surface area contributed by atoms with Gasteiger partial charge < -0.3 is 5.32 Å². The highest BCUT2D eigenvalue weighted by Crippen LogP contribution is 2.31. The van der Waals surface area contributed by atoms with Crippen LogP contribution in [0, 0.1) is 5.92 Å². The molecule has 2 unspecified atom stereocenters. The topological polar surface area (TPSA) is 12.0 Å². The van der Waals surface area contributed by atoms with Gasteiger partial charge in [-0.25, -0.2) is 0 Å². The summed E-state index contributed by atoms with van der Waals surface area (Å²) >= 11 is 0. The van der Waals surface area contributed by atoms with E-state index >= 15 is 0 Å². The van der Waals surface area contributed by atoms with Gasteiger partial charge in [0.15, 0.2) is 0 Å². The van der Waals surface area contributed by atoms with E-state index in [4.69, 9.17) is 0 Å². The van der Waals surface area contributed by atoms with E-state index in [2.05, 4.69) is 80.0 Å². The summed E-state index contributed by atoms with van der Waals surface area (Å²) in [4.78, 5) is 0. The zero-order valence-corrected chi connectivity index (χ0v) is 12.1. The number of nitrogens with one attached hydrogen (secondary N) is 1. The highest BCUT2D eigenvalue weighted by atomic mass is 14.9. The van der Waals surface area contributed by atoms with Gasteiger partial charge >= 0.3 is 0 Å². The second kappa shape index (κ2) is 5.54. The van der Waals surface area contributed by atoms with Crippen molar-refractivity contribution >= 4 is 5.57 Å². The van der Waals surface area contributed by atoms with Crippen molar-refractivity contribution in [3.8, 4) is 0 Å². The van der Waals surface area contributed by atoms with E-state index in [0.29, 0.717) is 12.0 Å². The predicted octanol–water partition coefficient (Wildman–Crippen LogP) is 4.47. The number of hydrogen-bond acceptors (Lipinski definition) is 1. The molecule has 0 bridgehead atoms. The molecule has 2 aliphatic rings. The lowest BCUT2D eigenvalue weighted by Crippen LogP contribution is -2.28. The molecule has 1 aromatic carbocycles. The first-order valence-electron chi connectivity index (χ1n) is 7.31. The first-order chi connectivity index (χ1) is 9.72. The zero-order chi connectivity index (χ0) is 13.9. The number of hydrogen-bond donors (Lipinski definition) is 1. The lowest BCUT2D eigenvalue weighted by atomic mass is 9.85. The fourth-order valence-electron chi connectivity index (χ4n) is 2.87. The largest absolute Gasteiger partial charge is 0.381 e. The first kappa shape index (κ1) is 13.0. The van der Waals surface area contributed by atoms with Crippen LogP contribution < -0.4 is 5.32 Å². The normalized spacial score (nSPS) is 25.4. The Kier molecular flexibility index (Phi) is 3.60. The SMILES string of the molecule is CC1=CNC(C2=CC(c3ccccc3)=CC(C)C2)C=C1. The molecule has 0 saturated heterocycles. The van der Waals surface area contributed by atoms with Gasteiger partial charge in [-0.15, -0.1) is 0 Å². The molecule has 2 atom stereocenters. The van der Waals surface area contributed by atoms with Gasteiger partial charge in [0.05, 0.1) is 6.04 Å². The second-order valence-electron chi connectivity index (χ2n) is 5.78. The summed E-state index contributed by atoms with van der Waals surface area (Å²) in [5.41, 5.74) is 5.41. The highest BCUT2D eigenvalue weighted by Gasteiger charge is 2.19. The third-order valence-electron chi connectivity index (χ3n) is 3.91. The smallest absolute Gasteiger partial charge is 0.0659 e. The molecular formula is C19H21N. The third kappa shape index (κ3) is 2.77. The molecular weight excluding hydrogens is 242 g/mol. The van der Waals surface area contributed by atoms with Gasteiger partial charge in [-0.1, -0.05) is 61.6 Å². The second-order valence-corrected chi connectivity index (χ2v) is 5.78. The van der Waals surface area contributed by atoms with Gasteiger partial charge in [0.1, 0.15) is 0 Å². The van der Waals surface area contributed by atoms with Crippen LogP contribution in [0.1, 0.15) is 25.8 Å². The van der Waals surface area contributed by atoms with Crippen molar-refractivity contribution in [3.63, 3.8) is 0 Å². The third-order valence-corrected chi connectivity index (χ3v) is 3.91. The first-order valence-corrected chi connectivity index (χ1v) is 7.31. The molecule has 3 rings (SSSR count). The Morgan fingerprint density at radius 3 is 2.65 bits per heavy atom. The number of dihydropyridines is 1. The standard InChI is InChI=1S/C19H21N/c1-14-8-9-19(20-13-14)18-11-15(2)10-17(12-18)16-6-4-3-5-7-16/h3-10,12-13,15,19-20H,11H2,1-2H3. The van der Waals surface area contributed by atoms with E-state index in [9.17, 15) is 0 Å². The summed E-state index contributed by atoms with van der Waals surface area (Å²) in [5, 5.41) is 3.49. The summed E-state index contributed by atoms with van der Waals surface area (Å²) in [6, 6.07) is 11.0. The van der Waals surface area contributed by atoms with Crippen LogP contribution in [-0.4, -0.2) is 6.04 Å². The summed E-state index contributed by atoms with van der Waals surface area (Å²) in [7, 11) is 0. The molecule has 1 heterocycles. The Hall–Kier alpha value is -2.02. The van der Waals surface area contributed by atoms with E-state index in [0.717, 1.165) is 6.42 Å². The summed E-state index contributed by atoms with van der Waals surface area (Å²) in [6.07, 6.45) is 12.4. The molecule has 1 N–H and O–H groups in total. The van der Waals surface area contributed by atoms with E-state index in [1.54, 1.807) is 0 Å². The van der Waals surface area contributed by atoms with E-state index in [1.165, 1.54) is 22.3 Å². The average molecular weight is 263 g/mol. The Labute approximate surface area is 121 Å². The van der Waals surface area contributed by atoms with Crippen LogP contribution in [0.15, 0.2) is 72.0 Å². The van der Waals surface area contributed by atoms with Crippen molar-refractivity contribution in [2.45, 2.75) is 26.3 Å². The summed E-state index contributed by atoms with van der Waals surface area (Å²) < 4.78 is 0. The molecule has 0 fully saturated rings. The molecule has 0 saturated carbocycles. The van der Waals surface area contributed by atoms with E-state index in [1.807, 2.05) is 0 Å². The molecule has 102 valence electrons. The van der Waals surface area contributed by atoms with Crippen LogP contribution >= 0.6 is 0 Å². The highest BCUT2D eigenvalue weighted by molar-refractivity contribution is 5.76. The van der Waals surface area contributed by atoms with E-state index in [-0.39, 0.29) is 0 Å². The Morgan fingerprint density at radius 2 is 1.95 bits per heavy atom. The number of rotatable bonds is 2. The zero-order valence-electron chi connectivity index (χ0n) is 12.1.